The van der Waals surface area contributed by atoms with Crippen molar-refractivity contribution in [3.63, 3.8) is 0 Å². The van der Waals surface area contributed by atoms with Crippen molar-refractivity contribution < 1.29 is 14.3 Å². The summed E-state index contributed by atoms with van der Waals surface area (Å²) >= 11 is 0. The predicted molar refractivity (Wildman–Crippen MR) is 151 cm³/mol. The summed E-state index contributed by atoms with van der Waals surface area (Å²) in [4.78, 5) is 17.0. The molecule has 0 saturated heterocycles. The third-order valence-corrected chi connectivity index (χ3v) is 6.28. The molecule has 0 aliphatic heterocycles. The maximum atomic E-state index is 12.7. The van der Waals surface area contributed by atoms with Gasteiger partial charge < -0.3 is 9.47 Å². The third kappa shape index (κ3) is 6.97. The van der Waals surface area contributed by atoms with Gasteiger partial charge in [-0.05, 0) is 42.9 Å². The van der Waals surface area contributed by atoms with Crippen LogP contribution in [0.2, 0.25) is 0 Å². The molecule has 0 spiro atoms. The van der Waals surface area contributed by atoms with Crippen molar-refractivity contribution in [3.05, 3.63) is 88.2 Å². The van der Waals surface area contributed by atoms with Gasteiger partial charge in [0.2, 0.25) is 6.29 Å². The summed E-state index contributed by atoms with van der Waals surface area (Å²) in [6.07, 6.45) is 1.15. The fraction of sp³-hybridized carbons (Fsp3) is 0.387. The first-order valence-electron chi connectivity index (χ1n) is 12.8. The molecule has 0 radical (unpaired) electrons. The van der Waals surface area contributed by atoms with E-state index >= 15 is 0 Å². The van der Waals surface area contributed by atoms with Crippen LogP contribution in [0.1, 0.15) is 68.3 Å². The second-order valence-corrected chi connectivity index (χ2v) is 10.2. The summed E-state index contributed by atoms with van der Waals surface area (Å²) in [5, 5.41) is 4.71. The summed E-state index contributed by atoms with van der Waals surface area (Å²) in [7, 11) is 1.74. The van der Waals surface area contributed by atoms with Gasteiger partial charge in [-0.25, -0.2) is 0 Å². The summed E-state index contributed by atoms with van der Waals surface area (Å²) < 4.78 is 14.0. The number of benzene rings is 2. The maximum absolute atomic E-state index is 12.7. The molecule has 0 saturated carbocycles. The molecule has 1 atom stereocenters. The molecule has 196 valence electrons. The average molecular weight is 502 g/mol. The van der Waals surface area contributed by atoms with Gasteiger partial charge in [0.25, 0.3) is 0 Å². The number of rotatable bonds is 9. The molecular formula is C31H39N3O3. The van der Waals surface area contributed by atoms with E-state index in [1.54, 1.807) is 20.2 Å². The van der Waals surface area contributed by atoms with Crippen molar-refractivity contribution in [2.24, 2.45) is 4.99 Å². The molecule has 2 aromatic carbocycles. The molecule has 1 heterocycles. The Kier molecular flexibility index (Phi) is 9.09. The van der Waals surface area contributed by atoms with Crippen LogP contribution in [0.15, 0.2) is 59.6 Å². The van der Waals surface area contributed by atoms with Crippen LogP contribution in [0.4, 0.5) is 0 Å². The highest BCUT2D eigenvalue weighted by Gasteiger charge is 2.24. The second-order valence-electron chi connectivity index (χ2n) is 10.2. The molecule has 0 aliphatic rings. The van der Waals surface area contributed by atoms with E-state index < -0.39 is 6.29 Å². The molecule has 1 unspecified atom stereocenters. The number of ether oxygens (including phenoxy) is 2. The summed E-state index contributed by atoms with van der Waals surface area (Å²) in [6, 6.07) is 18.0. The van der Waals surface area contributed by atoms with Gasteiger partial charge in [-0.3, -0.25) is 14.5 Å². The quantitative estimate of drug-likeness (QED) is 0.145. The van der Waals surface area contributed by atoms with Crippen LogP contribution in [0.25, 0.3) is 11.3 Å². The van der Waals surface area contributed by atoms with Gasteiger partial charge >= 0.3 is 5.97 Å². The van der Waals surface area contributed by atoms with Crippen molar-refractivity contribution in [1.82, 2.24) is 9.78 Å². The first-order valence-corrected chi connectivity index (χ1v) is 12.8. The van der Waals surface area contributed by atoms with Crippen LogP contribution >= 0.6 is 0 Å². The summed E-state index contributed by atoms with van der Waals surface area (Å²) in [5.41, 5.74) is 6.70. The minimum atomic E-state index is -0.819. The maximum Gasteiger partial charge on any atom is 0.313 e. The standard InChI is InChI=1S/C31H39N3O3/c1-9-34-29(21(2)22(3)33-34)30(37-23(4)36-28(35)19-24-13-11-10-12-14-24)27(20-32-8)25-15-17-26(18-16-25)31(5,6)7/h10-18,20,23H,9,19H2,1-8H3/b30-27-,32-20?. The molecular weight excluding hydrogens is 462 g/mol. The lowest BCUT2D eigenvalue weighted by Gasteiger charge is -2.22. The smallest absolute Gasteiger partial charge is 0.313 e. The van der Waals surface area contributed by atoms with Crippen LogP contribution in [-0.4, -0.2) is 35.3 Å². The minimum Gasteiger partial charge on any atom is -0.452 e. The zero-order valence-corrected chi connectivity index (χ0v) is 23.3. The number of hydrogen-bond acceptors (Lipinski definition) is 5. The Morgan fingerprint density at radius 1 is 1.05 bits per heavy atom. The Morgan fingerprint density at radius 2 is 1.70 bits per heavy atom. The van der Waals surface area contributed by atoms with Crippen molar-refractivity contribution >= 4 is 23.5 Å². The van der Waals surface area contributed by atoms with Gasteiger partial charge in [0.1, 0.15) is 5.69 Å². The topological polar surface area (TPSA) is 65.7 Å². The van der Waals surface area contributed by atoms with Crippen LogP contribution in [0, 0.1) is 13.8 Å². The molecule has 0 N–H and O–H groups in total. The molecule has 1 aromatic heterocycles. The van der Waals surface area contributed by atoms with Gasteiger partial charge in [0, 0.05) is 37.9 Å². The average Bonchev–Trinajstić information content (AvgIpc) is 3.14. The normalized spacial score (nSPS) is 13.4. The monoisotopic (exact) mass is 501 g/mol. The van der Waals surface area contributed by atoms with Crippen LogP contribution in [-0.2, 0) is 32.6 Å². The number of aliphatic imine (C=N–C) groups is 1. The van der Waals surface area contributed by atoms with Gasteiger partial charge in [-0.2, -0.15) is 5.10 Å². The Hall–Kier alpha value is -3.67. The summed E-state index contributed by atoms with van der Waals surface area (Å²) in [5.74, 6) is 0.226. The first kappa shape index (κ1) is 27.9. The van der Waals surface area contributed by atoms with Gasteiger partial charge in [0.05, 0.1) is 12.1 Å². The SMILES string of the molecule is CCn1nc(C)c(C)c1/C(OC(C)OC(=O)Cc1ccccc1)=C(\C=NC)c1ccc(C(C)(C)C)cc1. The zero-order valence-electron chi connectivity index (χ0n) is 23.3. The molecule has 0 amide bonds. The molecule has 0 bridgehead atoms. The van der Waals surface area contributed by atoms with E-state index in [2.05, 4.69) is 50.0 Å². The Bertz CT molecular complexity index is 1260. The summed E-state index contributed by atoms with van der Waals surface area (Å²) in [6.45, 7) is 15.0. The molecule has 6 nitrogen and oxygen atoms in total. The van der Waals surface area contributed by atoms with Crippen LogP contribution in [0.5, 0.6) is 0 Å². The van der Waals surface area contributed by atoms with Crippen molar-refractivity contribution in [2.75, 3.05) is 7.05 Å². The van der Waals surface area contributed by atoms with Crippen molar-refractivity contribution in [3.8, 4) is 0 Å². The van der Waals surface area contributed by atoms with Gasteiger partial charge in [-0.15, -0.1) is 0 Å². The second kappa shape index (κ2) is 12.0. The van der Waals surface area contributed by atoms with Crippen molar-refractivity contribution in [2.45, 2.75) is 73.1 Å². The van der Waals surface area contributed by atoms with Crippen molar-refractivity contribution in [1.29, 1.82) is 0 Å². The van der Waals surface area contributed by atoms with E-state index in [9.17, 15) is 4.79 Å². The Labute approximate surface area is 221 Å². The number of hydrogen-bond donors (Lipinski definition) is 0. The number of aromatic nitrogens is 2. The molecule has 0 aliphatic carbocycles. The third-order valence-electron chi connectivity index (χ3n) is 6.28. The van der Waals surface area contributed by atoms with Gasteiger partial charge in [0.15, 0.2) is 5.76 Å². The molecule has 3 rings (SSSR count). The van der Waals surface area contributed by atoms with E-state index in [-0.39, 0.29) is 17.8 Å². The Morgan fingerprint density at radius 3 is 2.27 bits per heavy atom. The lowest BCUT2D eigenvalue weighted by Crippen LogP contribution is -2.21. The molecule has 37 heavy (non-hydrogen) atoms. The van der Waals surface area contributed by atoms with Gasteiger partial charge in [-0.1, -0.05) is 75.4 Å². The first-order chi connectivity index (χ1) is 17.5. The fourth-order valence-electron chi connectivity index (χ4n) is 4.16. The number of carbonyl (C=O) groups is 1. The van der Waals surface area contributed by atoms with Crippen LogP contribution in [0.3, 0.4) is 0 Å². The minimum absolute atomic E-state index is 0.0383. The molecule has 6 heteroatoms. The number of allylic oxidation sites excluding steroid dienone is 1. The van der Waals surface area contributed by atoms with E-state index in [1.807, 2.05) is 55.8 Å². The highest BCUT2D eigenvalue weighted by molar-refractivity contribution is 6.18. The lowest BCUT2D eigenvalue weighted by molar-refractivity contribution is -0.163. The number of aryl methyl sites for hydroxylation is 2. The Balaban J connectivity index is 2.05. The highest BCUT2D eigenvalue weighted by atomic mass is 16.7. The number of carbonyl (C=O) groups excluding carboxylic acids is 1. The fourth-order valence-corrected chi connectivity index (χ4v) is 4.16. The molecule has 0 fully saturated rings. The van der Waals surface area contributed by atoms with Crippen LogP contribution < -0.4 is 0 Å². The highest BCUT2D eigenvalue weighted by Crippen LogP contribution is 2.32. The lowest BCUT2D eigenvalue weighted by atomic mass is 9.86. The predicted octanol–water partition coefficient (Wildman–Crippen LogP) is 6.53. The number of nitrogens with zero attached hydrogens (tertiary/aromatic N) is 3. The largest absolute Gasteiger partial charge is 0.452 e. The van der Waals surface area contributed by atoms with E-state index in [0.29, 0.717) is 12.3 Å². The molecule has 3 aromatic rings. The van der Waals surface area contributed by atoms with E-state index in [1.165, 1.54) is 5.56 Å². The zero-order chi connectivity index (χ0) is 27.2. The van der Waals surface area contributed by atoms with E-state index in [0.717, 1.165) is 33.7 Å². The number of esters is 1. The van der Waals surface area contributed by atoms with E-state index in [4.69, 9.17) is 14.6 Å².